The van der Waals surface area contributed by atoms with E-state index in [0.29, 0.717) is 16.9 Å². The number of hydrogen-bond donors (Lipinski definition) is 2. The first kappa shape index (κ1) is 15.8. The summed E-state index contributed by atoms with van der Waals surface area (Å²) >= 11 is 0. The summed E-state index contributed by atoms with van der Waals surface area (Å²) in [5.74, 6) is 0.216. The molecule has 0 radical (unpaired) electrons. The number of rotatable bonds is 4. The molecule has 0 unspecified atom stereocenters. The third kappa shape index (κ3) is 3.15. The first-order chi connectivity index (χ1) is 11.6. The molecule has 1 aromatic heterocycles. The summed E-state index contributed by atoms with van der Waals surface area (Å²) < 4.78 is 5.18. The average molecular weight is 322 g/mol. The Morgan fingerprint density at radius 2 is 1.96 bits per heavy atom. The van der Waals surface area contributed by atoms with Crippen molar-refractivity contribution in [1.82, 2.24) is 10.3 Å². The highest BCUT2D eigenvalue weighted by molar-refractivity contribution is 5.96. The molecule has 0 atom stereocenters. The van der Waals surface area contributed by atoms with Crippen LogP contribution < -0.4 is 15.6 Å². The molecule has 0 aliphatic carbocycles. The molecule has 0 spiro atoms. The highest BCUT2D eigenvalue weighted by Gasteiger charge is 2.12. The Balaban J connectivity index is 1.83. The number of carbonyl (C=O) groups is 1. The number of aromatic nitrogens is 1. The van der Waals surface area contributed by atoms with E-state index in [-0.39, 0.29) is 18.0 Å². The fraction of sp³-hybridized carbons (Fsp3) is 0.158. The van der Waals surface area contributed by atoms with Crippen LogP contribution in [0.1, 0.15) is 21.5 Å². The number of methoxy groups -OCH3 is 1. The van der Waals surface area contributed by atoms with E-state index >= 15 is 0 Å². The van der Waals surface area contributed by atoms with Crippen LogP contribution in [0.5, 0.6) is 5.75 Å². The zero-order valence-corrected chi connectivity index (χ0v) is 13.6. The van der Waals surface area contributed by atoms with Crippen molar-refractivity contribution in [1.29, 1.82) is 0 Å². The minimum atomic E-state index is -0.282. The van der Waals surface area contributed by atoms with E-state index < -0.39 is 0 Å². The Bertz CT molecular complexity index is 960. The molecular formula is C19H18N2O3. The minimum Gasteiger partial charge on any atom is -0.496 e. The maximum absolute atomic E-state index is 12.3. The van der Waals surface area contributed by atoms with Gasteiger partial charge >= 0.3 is 0 Å². The highest BCUT2D eigenvalue weighted by atomic mass is 16.5. The summed E-state index contributed by atoms with van der Waals surface area (Å²) in [6.07, 6.45) is 0. The number of amides is 1. The third-order valence-corrected chi connectivity index (χ3v) is 3.87. The predicted molar refractivity (Wildman–Crippen MR) is 93.5 cm³/mol. The molecule has 1 amide bonds. The first-order valence-corrected chi connectivity index (χ1v) is 7.62. The molecular weight excluding hydrogens is 304 g/mol. The normalized spacial score (nSPS) is 10.6. The zero-order valence-electron chi connectivity index (χ0n) is 13.6. The van der Waals surface area contributed by atoms with Gasteiger partial charge in [0.1, 0.15) is 5.75 Å². The van der Waals surface area contributed by atoms with E-state index in [0.717, 1.165) is 16.5 Å². The molecule has 2 N–H and O–H groups in total. The van der Waals surface area contributed by atoms with Gasteiger partial charge in [-0.25, -0.2) is 0 Å². The summed E-state index contributed by atoms with van der Waals surface area (Å²) in [4.78, 5) is 27.4. The Morgan fingerprint density at radius 3 is 2.75 bits per heavy atom. The van der Waals surface area contributed by atoms with Crippen molar-refractivity contribution in [2.24, 2.45) is 0 Å². The zero-order chi connectivity index (χ0) is 17.1. The summed E-state index contributed by atoms with van der Waals surface area (Å²) in [5.41, 5.74) is 2.62. The molecule has 5 nitrogen and oxygen atoms in total. The SMILES string of the molecule is COc1ccccc1C(=O)NCc1cc2ccc(C)cc2[nH]c1=O. The summed E-state index contributed by atoms with van der Waals surface area (Å²) in [7, 11) is 1.52. The topological polar surface area (TPSA) is 71.2 Å². The van der Waals surface area contributed by atoms with Crippen molar-refractivity contribution in [3.05, 3.63) is 75.6 Å². The maximum Gasteiger partial charge on any atom is 0.255 e. The number of aryl methyl sites for hydroxylation is 1. The maximum atomic E-state index is 12.3. The quantitative estimate of drug-likeness (QED) is 0.776. The van der Waals surface area contributed by atoms with Crippen LogP contribution >= 0.6 is 0 Å². The Morgan fingerprint density at radius 1 is 1.17 bits per heavy atom. The van der Waals surface area contributed by atoms with Gasteiger partial charge in [0, 0.05) is 17.6 Å². The standard InChI is InChI=1S/C19H18N2O3/c1-12-7-8-13-10-14(18(22)21-16(13)9-12)11-20-19(23)15-5-3-4-6-17(15)24-2/h3-10H,11H2,1-2H3,(H,20,23)(H,21,22). The number of nitrogens with one attached hydrogen (secondary N) is 2. The number of H-pyrrole nitrogens is 1. The van der Waals surface area contributed by atoms with Crippen LogP contribution in [0.25, 0.3) is 10.9 Å². The number of ether oxygens (including phenoxy) is 1. The fourth-order valence-electron chi connectivity index (χ4n) is 2.59. The van der Waals surface area contributed by atoms with Gasteiger partial charge in [-0.2, -0.15) is 0 Å². The van der Waals surface area contributed by atoms with Crippen LogP contribution in [0.3, 0.4) is 0 Å². The molecule has 1 heterocycles. The molecule has 0 bridgehead atoms. The van der Waals surface area contributed by atoms with E-state index in [1.54, 1.807) is 30.3 Å². The van der Waals surface area contributed by atoms with Crippen LogP contribution in [0.15, 0.2) is 53.3 Å². The van der Waals surface area contributed by atoms with Gasteiger partial charge < -0.3 is 15.0 Å². The largest absolute Gasteiger partial charge is 0.496 e. The lowest BCUT2D eigenvalue weighted by Gasteiger charge is -2.09. The van der Waals surface area contributed by atoms with Crippen molar-refractivity contribution in [2.45, 2.75) is 13.5 Å². The van der Waals surface area contributed by atoms with Gasteiger partial charge in [-0.1, -0.05) is 24.3 Å². The van der Waals surface area contributed by atoms with Gasteiger partial charge in [0.15, 0.2) is 0 Å². The Hall–Kier alpha value is -3.08. The number of aromatic amines is 1. The molecule has 24 heavy (non-hydrogen) atoms. The molecule has 3 rings (SSSR count). The second-order valence-corrected chi connectivity index (χ2v) is 5.60. The van der Waals surface area contributed by atoms with E-state index in [9.17, 15) is 9.59 Å². The van der Waals surface area contributed by atoms with E-state index in [4.69, 9.17) is 4.74 Å². The number of fused-ring (bicyclic) bond motifs is 1. The second kappa shape index (κ2) is 6.58. The molecule has 0 aliphatic rings. The van der Waals surface area contributed by atoms with Gasteiger partial charge in [-0.05, 0) is 42.1 Å². The Kier molecular flexibility index (Phi) is 4.33. The second-order valence-electron chi connectivity index (χ2n) is 5.60. The van der Waals surface area contributed by atoms with E-state index in [1.165, 1.54) is 7.11 Å². The fourth-order valence-corrected chi connectivity index (χ4v) is 2.59. The first-order valence-electron chi connectivity index (χ1n) is 7.62. The third-order valence-electron chi connectivity index (χ3n) is 3.87. The lowest BCUT2D eigenvalue weighted by Crippen LogP contribution is -2.27. The predicted octanol–water partition coefficient (Wildman–Crippen LogP) is 2.78. The average Bonchev–Trinajstić information content (AvgIpc) is 2.59. The molecule has 2 aromatic carbocycles. The number of para-hydroxylation sites is 1. The smallest absolute Gasteiger partial charge is 0.255 e. The summed E-state index contributed by atoms with van der Waals surface area (Å²) in [6.45, 7) is 2.12. The van der Waals surface area contributed by atoms with Crippen LogP contribution in [0, 0.1) is 6.92 Å². The van der Waals surface area contributed by atoms with Crippen LogP contribution in [-0.4, -0.2) is 18.0 Å². The molecule has 5 heteroatoms. The van der Waals surface area contributed by atoms with Crippen molar-refractivity contribution in [3.8, 4) is 5.75 Å². The van der Waals surface area contributed by atoms with Crippen molar-refractivity contribution < 1.29 is 9.53 Å². The van der Waals surface area contributed by atoms with Crippen molar-refractivity contribution in [3.63, 3.8) is 0 Å². The van der Waals surface area contributed by atoms with Gasteiger partial charge in [-0.15, -0.1) is 0 Å². The van der Waals surface area contributed by atoms with Gasteiger partial charge in [0.2, 0.25) is 0 Å². The molecule has 0 aliphatic heterocycles. The molecule has 0 saturated carbocycles. The van der Waals surface area contributed by atoms with Gasteiger partial charge in [0.25, 0.3) is 11.5 Å². The number of hydrogen-bond acceptors (Lipinski definition) is 3. The Labute approximate surface area is 139 Å². The lowest BCUT2D eigenvalue weighted by atomic mass is 10.1. The summed E-state index contributed by atoms with van der Waals surface area (Å²) in [6, 6.07) is 14.6. The van der Waals surface area contributed by atoms with Crippen molar-refractivity contribution >= 4 is 16.8 Å². The molecule has 122 valence electrons. The monoisotopic (exact) mass is 322 g/mol. The van der Waals surface area contributed by atoms with E-state index in [2.05, 4.69) is 10.3 Å². The summed E-state index contributed by atoms with van der Waals surface area (Å²) in [5, 5.41) is 3.70. The van der Waals surface area contributed by atoms with E-state index in [1.807, 2.05) is 25.1 Å². The van der Waals surface area contributed by atoms with Gasteiger partial charge in [-0.3, -0.25) is 9.59 Å². The van der Waals surface area contributed by atoms with Crippen LogP contribution in [-0.2, 0) is 6.54 Å². The number of carbonyl (C=O) groups excluding carboxylic acids is 1. The number of pyridine rings is 1. The van der Waals surface area contributed by atoms with Crippen molar-refractivity contribution in [2.75, 3.05) is 7.11 Å². The lowest BCUT2D eigenvalue weighted by molar-refractivity contribution is 0.0948. The van der Waals surface area contributed by atoms with Crippen LogP contribution in [0.4, 0.5) is 0 Å². The van der Waals surface area contributed by atoms with Crippen LogP contribution in [0.2, 0.25) is 0 Å². The number of benzene rings is 2. The highest BCUT2D eigenvalue weighted by Crippen LogP contribution is 2.17. The molecule has 0 fully saturated rings. The minimum absolute atomic E-state index is 0.149. The molecule has 3 aromatic rings. The molecule has 0 saturated heterocycles. The van der Waals surface area contributed by atoms with Gasteiger partial charge in [0.05, 0.1) is 12.7 Å².